The first kappa shape index (κ1) is 44.4. The van der Waals surface area contributed by atoms with E-state index in [0.717, 1.165) is 38.5 Å². The van der Waals surface area contributed by atoms with Gasteiger partial charge in [0.05, 0.1) is 55.3 Å². The van der Waals surface area contributed by atoms with Crippen molar-refractivity contribution in [2.75, 3.05) is 20.8 Å². The molecule has 4 aliphatic rings. The molecule has 3 fully saturated rings. The highest BCUT2D eigenvalue weighted by molar-refractivity contribution is 5.89. The number of amides is 4. The van der Waals surface area contributed by atoms with E-state index in [-0.39, 0.29) is 53.2 Å². The highest BCUT2D eigenvalue weighted by Crippen LogP contribution is 2.59. The molecule has 344 valence electrons. The number of methoxy groups -OCH3 is 2. The summed E-state index contributed by atoms with van der Waals surface area (Å²) in [6.45, 7) is 4.28. The monoisotopic (exact) mass is 901 g/mol. The van der Waals surface area contributed by atoms with Gasteiger partial charge in [0.1, 0.15) is 23.7 Å². The lowest BCUT2D eigenvalue weighted by atomic mass is 9.96. The average molecular weight is 902 g/mol. The van der Waals surface area contributed by atoms with Gasteiger partial charge in [-0.15, -0.1) is 0 Å². The molecule has 3 heterocycles. The second-order valence-corrected chi connectivity index (χ2v) is 18.6. The van der Waals surface area contributed by atoms with Crippen LogP contribution in [0.15, 0.2) is 60.8 Å². The summed E-state index contributed by atoms with van der Waals surface area (Å²) in [7, 11) is 2.47. The maximum absolute atomic E-state index is 16.7. The number of H-pyrrole nitrogens is 2. The molecule has 4 amide bonds. The van der Waals surface area contributed by atoms with Crippen molar-refractivity contribution in [3.63, 3.8) is 0 Å². The van der Waals surface area contributed by atoms with Gasteiger partial charge in [-0.05, 0) is 102 Å². The number of carbonyl (C=O) groups is 4. The summed E-state index contributed by atoms with van der Waals surface area (Å²) >= 11 is 0. The Labute approximate surface area is 380 Å². The molecular formula is C49H53F2N9O6. The second-order valence-electron chi connectivity index (χ2n) is 18.6. The fourth-order valence-corrected chi connectivity index (χ4v) is 10.2. The molecule has 17 heteroatoms. The Hall–Kier alpha value is -6.83. The molecule has 0 radical (unpaired) electrons. The number of hydrogen-bond acceptors (Lipinski definition) is 9. The van der Waals surface area contributed by atoms with Crippen molar-refractivity contribution in [2.24, 2.45) is 17.3 Å². The number of carbonyl (C=O) groups excluding carboxylic acids is 4. The number of halogens is 2. The van der Waals surface area contributed by atoms with E-state index in [2.05, 4.69) is 30.9 Å². The van der Waals surface area contributed by atoms with E-state index in [1.807, 2.05) is 44.2 Å². The van der Waals surface area contributed by atoms with Gasteiger partial charge in [0, 0.05) is 29.7 Å². The third-order valence-corrected chi connectivity index (χ3v) is 14.0. The number of hydrogen-bond donors (Lipinski definition) is 5. The first-order chi connectivity index (χ1) is 31.7. The van der Waals surface area contributed by atoms with Crippen LogP contribution in [-0.4, -0.2) is 81.7 Å². The van der Waals surface area contributed by atoms with E-state index >= 15 is 8.78 Å². The van der Waals surface area contributed by atoms with Crippen LogP contribution in [0.1, 0.15) is 106 Å². The van der Waals surface area contributed by atoms with Crippen LogP contribution >= 0.6 is 0 Å². The van der Waals surface area contributed by atoms with E-state index in [9.17, 15) is 24.4 Å². The number of imidazole rings is 2. The molecule has 5 N–H and O–H groups in total. The summed E-state index contributed by atoms with van der Waals surface area (Å²) in [4.78, 5) is 69.8. The molecule has 1 aliphatic heterocycles. The molecule has 0 unspecified atom stereocenters. The van der Waals surface area contributed by atoms with Crippen molar-refractivity contribution < 1.29 is 37.4 Å². The Morgan fingerprint density at radius 3 is 2.21 bits per heavy atom. The minimum absolute atomic E-state index is 0.00142. The number of nitrogens with zero attached hydrogens (tertiary/aromatic N) is 4. The molecule has 1 saturated heterocycles. The number of aromatic amines is 2. The van der Waals surface area contributed by atoms with Crippen LogP contribution in [0.3, 0.4) is 0 Å². The van der Waals surface area contributed by atoms with Gasteiger partial charge < -0.3 is 40.3 Å². The average Bonchev–Trinajstić information content (AvgIpc) is 3.91. The Morgan fingerprint density at radius 1 is 0.894 bits per heavy atom. The molecule has 3 aliphatic carbocycles. The summed E-state index contributed by atoms with van der Waals surface area (Å²) in [6, 6.07) is 15.1. The van der Waals surface area contributed by atoms with Crippen molar-refractivity contribution in [1.82, 2.24) is 40.8 Å². The van der Waals surface area contributed by atoms with E-state index in [0.29, 0.717) is 69.2 Å². The first-order valence-corrected chi connectivity index (χ1v) is 22.6. The van der Waals surface area contributed by atoms with Crippen LogP contribution in [0.4, 0.5) is 18.4 Å². The smallest absolute Gasteiger partial charge is 0.407 e. The summed E-state index contributed by atoms with van der Waals surface area (Å²) in [5, 5.41) is 17.5. The van der Waals surface area contributed by atoms with Crippen LogP contribution in [0.5, 0.6) is 0 Å². The molecule has 2 saturated carbocycles. The number of likely N-dealkylation sites (tertiary alicyclic amines) is 1. The molecule has 5 aromatic rings. The predicted molar refractivity (Wildman–Crippen MR) is 239 cm³/mol. The second kappa shape index (κ2) is 17.5. The van der Waals surface area contributed by atoms with Crippen molar-refractivity contribution in [1.29, 1.82) is 5.26 Å². The zero-order chi connectivity index (χ0) is 46.5. The van der Waals surface area contributed by atoms with Gasteiger partial charge in [-0.2, -0.15) is 14.0 Å². The SMILES string of the molecule is COC(=O)N[C@@H](CCC#N)C(=O)N[C@H](c1nc2ccc(-c3ccc4c(c3)C(F)(F)c3cc(-c5cnc([C@@H]6CC7(CC7)CN6C(=O)[C@@H](NC(=O)OC)C(C)C)[nH]5)ccc3-4)cc2[nH]1)C1CCCC1. The molecular weight excluding hydrogens is 849 g/mol. The number of rotatable bonds is 13. The number of fused-ring (bicyclic) bond motifs is 4. The molecule has 66 heavy (non-hydrogen) atoms. The fourth-order valence-electron chi connectivity index (χ4n) is 10.2. The summed E-state index contributed by atoms with van der Waals surface area (Å²) in [5.41, 5.74) is 4.37. The van der Waals surface area contributed by atoms with Crippen LogP contribution < -0.4 is 16.0 Å². The molecule has 2 aromatic heterocycles. The summed E-state index contributed by atoms with van der Waals surface area (Å²) in [5.74, 6) is -2.96. The minimum atomic E-state index is -3.31. The number of benzene rings is 3. The topological polar surface area (TPSA) is 207 Å². The van der Waals surface area contributed by atoms with Gasteiger partial charge in [-0.1, -0.05) is 57.0 Å². The molecule has 0 bridgehead atoms. The van der Waals surface area contributed by atoms with Crippen molar-refractivity contribution >= 4 is 35.0 Å². The van der Waals surface area contributed by atoms with E-state index < -0.39 is 42.1 Å². The van der Waals surface area contributed by atoms with Gasteiger partial charge in [-0.3, -0.25) is 9.59 Å². The third-order valence-electron chi connectivity index (χ3n) is 14.0. The Balaban J connectivity index is 0.952. The number of nitrogens with one attached hydrogen (secondary N) is 5. The van der Waals surface area contributed by atoms with Crippen LogP contribution in [0.25, 0.3) is 44.5 Å². The third kappa shape index (κ3) is 8.33. The van der Waals surface area contributed by atoms with Gasteiger partial charge in [0.15, 0.2) is 0 Å². The normalized spacial score (nSPS) is 19.2. The van der Waals surface area contributed by atoms with Crippen LogP contribution in [0, 0.1) is 28.6 Å². The van der Waals surface area contributed by atoms with Crippen molar-refractivity contribution in [2.45, 2.75) is 102 Å². The van der Waals surface area contributed by atoms with Crippen molar-refractivity contribution in [3.05, 3.63) is 83.6 Å². The molecule has 15 nitrogen and oxygen atoms in total. The number of nitriles is 1. The van der Waals surface area contributed by atoms with Crippen molar-refractivity contribution in [3.8, 4) is 39.6 Å². The van der Waals surface area contributed by atoms with E-state index in [1.54, 1.807) is 29.3 Å². The zero-order valence-electron chi connectivity index (χ0n) is 37.3. The highest BCUT2D eigenvalue weighted by Gasteiger charge is 2.55. The molecule has 3 aromatic carbocycles. The maximum Gasteiger partial charge on any atom is 0.407 e. The lowest BCUT2D eigenvalue weighted by molar-refractivity contribution is -0.135. The van der Waals surface area contributed by atoms with E-state index in [1.165, 1.54) is 26.4 Å². The first-order valence-electron chi connectivity index (χ1n) is 22.6. The minimum Gasteiger partial charge on any atom is -0.453 e. The molecule has 1 spiro atoms. The lowest BCUT2D eigenvalue weighted by Crippen LogP contribution is -2.51. The van der Waals surface area contributed by atoms with Gasteiger partial charge in [0.2, 0.25) is 11.8 Å². The Kier molecular flexibility index (Phi) is 11.8. The lowest BCUT2D eigenvalue weighted by Gasteiger charge is -2.30. The zero-order valence-corrected chi connectivity index (χ0v) is 37.3. The quantitative estimate of drug-likeness (QED) is 0.0766. The number of ether oxygens (including phenoxy) is 2. The summed E-state index contributed by atoms with van der Waals surface area (Å²) < 4.78 is 42.9. The van der Waals surface area contributed by atoms with Gasteiger partial charge >= 0.3 is 12.2 Å². The number of alkyl carbamates (subject to hydrolysis) is 2. The number of aromatic nitrogens is 4. The standard InChI is InChI=1S/C49H53F2N9O6/c1-26(2)40(59-47(64)66-4)45(62)60-25-48(17-18-48)23-39(60)42-53-24-38(56-42)30-12-15-32-31-14-11-28(20-33(31)49(50,51)34(32)21-30)29-13-16-35-37(22-29)55-43(54-35)41(27-8-5-6-9-27)58-44(61)36(10-7-19-52)57-46(63)65-3/h11-16,20-22,24,26-27,36,39-41H,5-10,17-18,23,25H2,1-4H3,(H,53,56)(H,54,55)(H,57,63)(H,58,61)(H,59,64)/t36-,39-,40-,41-/m0/s1. The highest BCUT2D eigenvalue weighted by atomic mass is 19.3. The Bertz CT molecular complexity index is 2750. The Morgan fingerprint density at radius 2 is 1.55 bits per heavy atom. The number of alkyl halides is 2. The van der Waals surface area contributed by atoms with E-state index in [4.69, 9.17) is 14.5 Å². The van der Waals surface area contributed by atoms with Crippen LogP contribution in [0.2, 0.25) is 0 Å². The maximum atomic E-state index is 16.7. The molecule has 9 rings (SSSR count). The largest absolute Gasteiger partial charge is 0.453 e. The van der Waals surface area contributed by atoms with Gasteiger partial charge in [-0.25, -0.2) is 19.6 Å². The van der Waals surface area contributed by atoms with Gasteiger partial charge in [0.25, 0.3) is 5.92 Å². The predicted octanol–water partition coefficient (Wildman–Crippen LogP) is 8.55. The fraction of sp³-hybridized carbons (Fsp3) is 0.449. The molecule has 4 atom stereocenters. The van der Waals surface area contributed by atoms with Crippen LogP contribution in [-0.2, 0) is 25.0 Å². The summed E-state index contributed by atoms with van der Waals surface area (Å²) in [6.07, 6.45) is 6.79.